The monoisotopic (exact) mass is 172 g/mol. The van der Waals surface area contributed by atoms with Gasteiger partial charge < -0.3 is 10.6 Å². The molecule has 0 aromatic rings. The summed E-state index contributed by atoms with van der Waals surface area (Å²) in [6.07, 6.45) is 3.94. The number of nitrogens with one attached hydrogen (secondary N) is 2. The first kappa shape index (κ1) is 11.9. The second-order valence-corrected chi connectivity index (χ2v) is 4.26. The Kier molecular flexibility index (Phi) is 6.39. The van der Waals surface area contributed by atoms with Crippen molar-refractivity contribution in [3.63, 3.8) is 0 Å². The van der Waals surface area contributed by atoms with Crippen molar-refractivity contribution in [1.29, 1.82) is 0 Å². The van der Waals surface area contributed by atoms with Crippen LogP contribution in [-0.4, -0.2) is 27.2 Å². The second kappa shape index (κ2) is 6.44. The van der Waals surface area contributed by atoms with E-state index in [2.05, 4.69) is 24.5 Å². The van der Waals surface area contributed by atoms with Crippen LogP contribution in [-0.2, 0) is 0 Å². The molecule has 0 radical (unpaired) electrons. The van der Waals surface area contributed by atoms with Gasteiger partial charge in [-0.3, -0.25) is 0 Å². The van der Waals surface area contributed by atoms with Crippen LogP contribution in [0.15, 0.2) is 0 Å². The Morgan fingerprint density at radius 3 is 2.17 bits per heavy atom. The summed E-state index contributed by atoms with van der Waals surface area (Å²) in [5.41, 5.74) is 0.461. The Hall–Kier alpha value is -0.0800. The van der Waals surface area contributed by atoms with Crippen LogP contribution in [0.3, 0.4) is 0 Å². The molecule has 74 valence electrons. The molecular formula is C10H24N2. The Morgan fingerprint density at radius 1 is 1.00 bits per heavy atom. The molecule has 0 aliphatic heterocycles. The van der Waals surface area contributed by atoms with E-state index in [4.69, 9.17) is 0 Å². The fourth-order valence-electron chi connectivity index (χ4n) is 1.47. The molecule has 0 atom stereocenters. The fraction of sp³-hybridized carbons (Fsp3) is 1.00. The van der Waals surface area contributed by atoms with E-state index in [0.29, 0.717) is 5.41 Å². The summed E-state index contributed by atoms with van der Waals surface area (Å²) in [6.45, 7) is 6.91. The number of hydrogen-bond acceptors (Lipinski definition) is 2. The molecular weight excluding hydrogens is 148 g/mol. The fourth-order valence-corrected chi connectivity index (χ4v) is 1.47. The average Bonchev–Trinajstić information content (AvgIpc) is 1.98. The molecule has 0 saturated heterocycles. The van der Waals surface area contributed by atoms with Crippen LogP contribution in [0.1, 0.15) is 33.1 Å². The molecule has 0 amide bonds. The molecule has 0 saturated carbocycles. The third-order valence-corrected chi connectivity index (χ3v) is 2.19. The maximum Gasteiger partial charge on any atom is -0.0000488 e. The number of hydrogen-bond donors (Lipinski definition) is 2. The van der Waals surface area contributed by atoms with Gasteiger partial charge in [0.15, 0.2) is 0 Å². The van der Waals surface area contributed by atoms with Crippen molar-refractivity contribution >= 4 is 0 Å². The molecule has 0 spiro atoms. The lowest BCUT2D eigenvalue weighted by Crippen LogP contribution is -2.26. The minimum Gasteiger partial charge on any atom is -0.320 e. The molecule has 0 bridgehead atoms. The van der Waals surface area contributed by atoms with Gasteiger partial charge >= 0.3 is 0 Å². The summed E-state index contributed by atoms with van der Waals surface area (Å²) in [6, 6.07) is 0. The Bertz CT molecular complexity index is 100. The molecule has 0 aromatic heterocycles. The van der Waals surface area contributed by atoms with Crippen molar-refractivity contribution < 1.29 is 0 Å². The van der Waals surface area contributed by atoms with Gasteiger partial charge in [-0.1, -0.05) is 20.3 Å². The Labute approximate surface area is 77.1 Å². The molecule has 12 heavy (non-hydrogen) atoms. The van der Waals surface area contributed by atoms with Crippen LogP contribution in [0.4, 0.5) is 0 Å². The lowest BCUT2D eigenvalue weighted by atomic mass is 9.87. The summed E-state index contributed by atoms with van der Waals surface area (Å²) in [5, 5.41) is 6.40. The highest BCUT2D eigenvalue weighted by atomic mass is 14.8. The predicted molar refractivity (Wildman–Crippen MR) is 55.5 cm³/mol. The lowest BCUT2D eigenvalue weighted by molar-refractivity contribution is 0.311. The molecule has 0 unspecified atom stereocenters. The van der Waals surface area contributed by atoms with Crippen molar-refractivity contribution in [2.45, 2.75) is 33.1 Å². The van der Waals surface area contributed by atoms with Gasteiger partial charge in [-0.05, 0) is 45.4 Å². The molecule has 0 aliphatic rings. The van der Waals surface area contributed by atoms with Crippen molar-refractivity contribution in [3.05, 3.63) is 0 Å². The summed E-state index contributed by atoms with van der Waals surface area (Å²) in [7, 11) is 4.04. The highest BCUT2D eigenvalue weighted by Crippen LogP contribution is 2.21. The number of unbranched alkanes of at least 4 members (excludes halogenated alkanes) is 1. The van der Waals surface area contributed by atoms with Crippen molar-refractivity contribution in [2.24, 2.45) is 5.41 Å². The quantitative estimate of drug-likeness (QED) is 0.570. The third-order valence-electron chi connectivity index (χ3n) is 2.19. The Balaban J connectivity index is 3.33. The average molecular weight is 172 g/mol. The molecule has 0 heterocycles. The normalized spacial score (nSPS) is 12.0. The van der Waals surface area contributed by atoms with Gasteiger partial charge in [0.1, 0.15) is 0 Å². The maximum atomic E-state index is 3.23. The van der Waals surface area contributed by atoms with Gasteiger partial charge in [0.25, 0.3) is 0 Å². The predicted octanol–water partition coefficient (Wildman–Crippen LogP) is 1.62. The molecule has 0 aliphatic carbocycles. The molecule has 0 aromatic carbocycles. The van der Waals surface area contributed by atoms with E-state index < -0.39 is 0 Å². The summed E-state index contributed by atoms with van der Waals surface area (Å²) in [5.74, 6) is 0. The summed E-state index contributed by atoms with van der Waals surface area (Å²) >= 11 is 0. The minimum atomic E-state index is 0.461. The van der Waals surface area contributed by atoms with Crippen LogP contribution < -0.4 is 10.6 Å². The smallest absolute Gasteiger partial charge is 0.0000488 e. The van der Waals surface area contributed by atoms with Gasteiger partial charge in [0.2, 0.25) is 0 Å². The maximum absolute atomic E-state index is 3.23. The molecule has 0 rings (SSSR count). The van der Waals surface area contributed by atoms with Crippen molar-refractivity contribution in [3.8, 4) is 0 Å². The van der Waals surface area contributed by atoms with Crippen molar-refractivity contribution in [2.75, 3.05) is 27.2 Å². The van der Waals surface area contributed by atoms with Gasteiger partial charge in [0, 0.05) is 0 Å². The largest absolute Gasteiger partial charge is 0.320 e. The SMILES string of the molecule is CNCCCCC(C)(C)CNC. The zero-order valence-electron chi connectivity index (χ0n) is 9.04. The van der Waals surface area contributed by atoms with Gasteiger partial charge in [-0.25, -0.2) is 0 Å². The van der Waals surface area contributed by atoms with E-state index in [-0.39, 0.29) is 0 Å². The van der Waals surface area contributed by atoms with Gasteiger partial charge in [-0.2, -0.15) is 0 Å². The van der Waals surface area contributed by atoms with Crippen LogP contribution in [0, 0.1) is 5.41 Å². The molecule has 2 nitrogen and oxygen atoms in total. The topological polar surface area (TPSA) is 24.1 Å². The highest BCUT2D eigenvalue weighted by molar-refractivity contribution is 4.70. The second-order valence-electron chi connectivity index (χ2n) is 4.26. The third kappa shape index (κ3) is 6.62. The number of rotatable bonds is 7. The first-order valence-corrected chi connectivity index (χ1v) is 4.91. The summed E-state index contributed by atoms with van der Waals surface area (Å²) < 4.78 is 0. The van der Waals surface area contributed by atoms with E-state index >= 15 is 0 Å². The van der Waals surface area contributed by atoms with Crippen LogP contribution in [0.2, 0.25) is 0 Å². The van der Waals surface area contributed by atoms with Crippen LogP contribution in [0.25, 0.3) is 0 Å². The van der Waals surface area contributed by atoms with Crippen LogP contribution >= 0.6 is 0 Å². The van der Waals surface area contributed by atoms with E-state index in [1.54, 1.807) is 0 Å². The lowest BCUT2D eigenvalue weighted by Gasteiger charge is -2.23. The minimum absolute atomic E-state index is 0.461. The first-order chi connectivity index (χ1) is 5.62. The Morgan fingerprint density at radius 2 is 1.67 bits per heavy atom. The highest BCUT2D eigenvalue weighted by Gasteiger charge is 2.15. The van der Waals surface area contributed by atoms with Gasteiger partial charge in [-0.15, -0.1) is 0 Å². The van der Waals surface area contributed by atoms with E-state index in [1.807, 2.05) is 14.1 Å². The van der Waals surface area contributed by atoms with E-state index in [9.17, 15) is 0 Å². The first-order valence-electron chi connectivity index (χ1n) is 4.91. The van der Waals surface area contributed by atoms with E-state index in [0.717, 1.165) is 13.1 Å². The molecule has 2 heteroatoms. The zero-order valence-corrected chi connectivity index (χ0v) is 9.04. The van der Waals surface area contributed by atoms with E-state index in [1.165, 1.54) is 19.3 Å². The summed E-state index contributed by atoms with van der Waals surface area (Å²) in [4.78, 5) is 0. The zero-order chi connectivity index (χ0) is 9.45. The molecule has 0 fully saturated rings. The van der Waals surface area contributed by atoms with Gasteiger partial charge in [0.05, 0.1) is 0 Å². The van der Waals surface area contributed by atoms with Crippen LogP contribution in [0.5, 0.6) is 0 Å². The standard InChI is InChI=1S/C10H24N2/c1-10(2,9-12-4)7-5-6-8-11-3/h11-12H,5-9H2,1-4H3. The van der Waals surface area contributed by atoms with Crippen molar-refractivity contribution in [1.82, 2.24) is 10.6 Å². The molecule has 2 N–H and O–H groups in total.